The van der Waals surface area contributed by atoms with Gasteiger partial charge in [0.15, 0.2) is 0 Å². The van der Waals surface area contributed by atoms with Crippen LogP contribution in [0.25, 0.3) is 0 Å². The third kappa shape index (κ3) is 2.91. The summed E-state index contributed by atoms with van der Waals surface area (Å²) < 4.78 is 1.17. The maximum absolute atomic E-state index is 6.73. The standard InChI is InChI=1S/C16H18BrClS/c1-5-12-6-7-13(19-12)16(18)14-9(2)8-10(3)15(17)11(14)4/h6-8,16H,5H2,1-4H3. The number of alkyl halides is 1. The van der Waals surface area contributed by atoms with E-state index in [2.05, 4.69) is 61.8 Å². The highest BCUT2D eigenvalue weighted by Crippen LogP contribution is 2.40. The molecule has 1 atom stereocenters. The summed E-state index contributed by atoms with van der Waals surface area (Å²) in [5.74, 6) is 0. The van der Waals surface area contributed by atoms with E-state index >= 15 is 0 Å². The number of thiophene rings is 1. The zero-order valence-electron chi connectivity index (χ0n) is 11.7. The van der Waals surface area contributed by atoms with E-state index in [4.69, 9.17) is 11.6 Å². The Morgan fingerprint density at radius 1 is 1.21 bits per heavy atom. The second-order valence-electron chi connectivity index (χ2n) is 4.88. The summed E-state index contributed by atoms with van der Waals surface area (Å²) in [5, 5.41) is -0.0535. The van der Waals surface area contributed by atoms with Gasteiger partial charge in [0.1, 0.15) is 0 Å². The van der Waals surface area contributed by atoms with Crippen LogP contribution >= 0.6 is 38.9 Å². The Labute approximate surface area is 132 Å². The van der Waals surface area contributed by atoms with E-state index in [0.29, 0.717) is 0 Å². The Hall–Kier alpha value is -0.310. The van der Waals surface area contributed by atoms with Gasteiger partial charge in [-0.3, -0.25) is 0 Å². The molecule has 0 fully saturated rings. The molecule has 0 aliphatic heterocycles. The Kier molecular flexibility index (Phi) is 4.75. The van der Waals surface area contributed by atoms with Gasteiger partial charge in [-0.2, -0.15) is 0 Å². The molecule has 0 saturated heterocycles. The van der Waals surface area contributed by atoms with Crippen molar-refractivity contribution in [3.8, 4) is 0 Å². The minimum atomic E-state index is -0.0535. The van der Waals surface area contributed by atoms with Crippen LogP contribution in [0.1, 0.15) is 44.3 Å². The summed E-state index contributed by atoms with van der Waals surface area (Å²) in [4.78, 5) is 2.63. The molecule has 0 amide bonds. The average molecular weight is 358 g/mol. The van der Waals surface area contributed by atoms with Gasteiger partial charge in [0.25, 0.3) is 0 Å². The van der Waals surface area contributed by atoms with E-state index in [9.17, 15) is 0 Å². The lowest BCUT2D eigenvalue weighted by atomic mass is 9.96. The maximum Gasteiger partial charge on any atom is 0.0933 e. The molecule has 0 bridgehead atoms. The van der Waals surface area contributed by atoms with E-state index in [-0.39, 0.29) is 5.38 Å². The molecule has 0 aliphatic carbocycles. The Balaban J connectivity index is 2.49. The number of rotatable bonds is 3. The second kappa shape index (κ2) is 5.99. The van der Waals surface area contributed by atoms with Gasteiger partial charge in [-0.15, -0.1) is 22.9 Å². The highest BCUT2D eigenvalue weighted by molar-refractivity contribution is 9.10. The van der Waals surface area contributed by atoms with Crippen molar-refractivity contribution in [3.05, 3.63) is 54.7 Å². The van der Waals surface area contributed by atoms with Crippen molar-refractivity contribution < 1.29 is 0 Å². The lowest BCUT2D eigenvalue weighted by Gasteiger charge is -2.17. The van der Waals surface area contributed by atoms with Gasteiger partial charge >= 0.3 is 0 Å². The van der Waals surface area contributed by atoms with Crippen LogP contribution in [0.2, 0.25) is 0 Å². The molecule has 19 heavy (non-hydrogen) atoms. The Morgan fingerprint density at radius 3 is 2.47 bits per heavy atom. The molecule has 1 aromatic carbocycles. The average Bonchev–Trinajstić information content (AvgIpc) is 2.84. The first kappa shape index (κ1) is 15.1. The molecule has 1 aromatic heterocycles. The summed E-state index contributed by atoms with van der Waals surface area (Å²) in [6, 6.07) is 6.55. The fraction of sp³-hybridized carbons (Fsp3) is 0.375. The summed E-state index contributed by atoms with van der Waals surface area (Å²) in [6.45, 7) is 8.59. The lowest BCUT2D eigenvalue weighted by Crippen LogP contribution is -2.00. The van der Waals surface area contributed by atoms with Crippen LogP contribution in [0.3, 0.4) is 0 Å². The topological polar surface area (TPSA) is 0 Å². The highest BCUT2D eigenvalue weighted by Gasteiger charge is 2.19. The van der Waals surface area contributed by atoms with Gasteiger partial charge in [0, 0.05) is 14.2 Å². The van der Waals surface area contributed by atoms with Gasteiger partial charge in [-0.25, -0.2) is 0 Å². The third-order valence-electron chi connectivity index (χ3n) is 3.47. The summed E-state index contributed by atoms with van der Waals surface area (Å²) in [7, 11) is 0. The molecule has 1 heterocycles. The number of halogens is 2. The van der Waals surface area contributed by atoms with Gasteiger partial charge < -0.3 is 0 Å². The zero-order valence-corrected chi connectivity index (χ0v) is 14.8. The van der Waals surface area contributed by atoms with E-state index in [0.717, 1.165) is 6.42 Å². The van der Waals surface area contributed by atoms with Gasteiger partial charge in [0.05, 0.1) is 5.38 Å². The van der Waals surface area contributed by atoms with Crippen LogP contribution < -0.4 is 0 Å². The molecule has 0 nitrogen and oxygen atoms in total. The van der Waals surface area contributed by atoms with Crippen molar-refractivity contribution in [1.29, 1.82) is 0 Å². The fourth-order valence-corrected chi connectivity index (χ4v) is 4.24. The minimum Gasteiger partial charge on any atom is -0.143 e. The molecule has 2 aromatic rings. The van der Waals surface area contributed by atoms with Crippen LogP contribution in [-0.4, -0.2) is 0 Å². The summed E-state index contributed by atoms with van der Waals surface area (Å²) in [6.07, 6.45) is 1.07. The van der Waals surface area contributed by atoms with E-state index in [1.54, 1.807) is 0 Å². The molecular formula is C16H18BrClS. The molecule has 102 valence electrons. The molecule has 0 aliphatic rings. The number of benzene rings is 1. The van der Waals surface area contributed by atoms with Crippen LogP contribution in [0, 0.1) is 20.8 Å². The van der Waals surface area contributed by atoms with Gasteiger partial charge in [-0.05, 0) is 61.6 Å². The molecule has 1 unspecified atom stereocenters. The molecule has 0 N–H and O–H groups in total. The second-order valence-corrected chi connectivity index (χ2v) is 7.31. The molecule has 3 heteroatoms. The predicted octanol–water partition coefficient (Wildman–Crippen LogP) is 6.33. The number of hydrogen-bond donors (Lipinski definition) is 0. The molecule has 0 saturated carbocycles. The normalized spacial score (nSPS) is 12.7. The Bertz CT molecular complexity index is 601. The quantitative estimate of drug-likeness (QED) is 0.563. The van der Waals surface area contributed by atoms with Crippen molar-refractivity contribution in [2.24, 2.45) is 0 Å². The number of aryl methyl sites for hydroxylation is 3. The van der Waals surface area contributed by atoms with E-state index in [1.165, 1.54) is 36.5 Å². The van der Waals surface area contributed by atoms with Gasteiger partial charge in [0.2, 0.25) is 0 Å². The number of hydrogen-bond acceptors (Lipinski definition) is 1. The first-order chi connectivity index (χ1) is 8.95. The van der Waals surface area contributed by atoms with Crippen LogP contribution in [0.5, 0.6) is 0 Å². The first-order valence-electron chi connectivity index (χ1n) is 6.44. The van der Waals surface area contributed by atoms with Crippen LogP contribution in [0.4, 0.5) is 0 Å². The van der Waals surface area contributed by atoms with Crippen molar-refractivity contribution in [2.75, 3.05) is 0 Å². The van der Waals surface area contributed by atoms with Crippen molar-refractivity contribution in [1.82, 2.24) is 0 Å². The summed E-state index contributed by atoms with van der Waals surface area (Å²) in [5.41, 5.74) is 5.03. The van der Waals surface area contributed by atoms with Crippen molar-refractivity contribution >= 4 is 38.9 Å². The zero-order chi connectivity index (χ0) is 14.2. The first-order valence-corrected chi connectivity index (χ1v) is 8.49. The molecular weight excluding hydrogens is 340 g/mol. The largest absolute Gasteiger partial charge is 0.143 e. The highest BCUT2D eigenvalue weighted by atomic mass is 79.9. The van der Waals surface area contributed by atoms with Crippen LogP contribution in [-0.2, 0) is 6.42 Å². The lowest BCUT2D eigenvalue weighted by molar-refractivity contribution is 1.09. The molecule has 2 rings (SSSR count). The van der Waals surface area contributed by atoms with E-state index < -0.39 is 0 Å². The molecule has 0 spiro atoms. The van der Waals surface area contributed by atoms with Crippen molar-refractivity contribution in [2.45, 2.75) is 39.5 Å². The molecule has 0 radical (unpaired) electrons. The Morgan fingerprint density at radius 2 is 1.89 bits per heavy atom. The van der Waals surface area contributed by atoms with Crippen molar-refractivity contribution in [3.63, 3.8) is 0 Å². The SMILES string of the molecule is CCc1ccc(C(Cl)c2c(C)cc(C)c(Br)c2C)s1. The fourth-order valence-electron chi connectivity index (χ4n) is 2.43. The minimum absolute atomic E-state index is 0.0535. The van der Waals surface area contributed by atoms with E-state index in [1.807, 2.05) is 11.3 Å². The van der Waals surface area contributed by atoms with Gasteiger partial charge in [-0.1, -0.05) is 28.9 Å². The smallest absolute Gasteiger partial charge is 0.0933 e. The maximum atomic E-state index is 6.73. The van der Waals surface area contributed by atoms with Crippen LogP contribution in [0.15, 0.2) is 22.7 Å². The summed E-state index contributed by atoms with van der Waals surface area (Å²) >= 11 is 12.2. The third-order valence-corrected chi connectivity index (χ3v) is 6.57. The predicted molar refractivity (Wildman–Crippen MR) is 89.7 cm³/mol. The monoisotopic (exact) mass is 356 g/mol.